The standard InChI is InChI=1S/C15H14F6N2O2/c16-14(17,18)10-5-9(6-11(7-10)15(19,20)21)13(25)22-8-12(24)23-3-1-2-4-23/h5-7H,1-4,8H2,(H,22,25). The van der Waals surface area contributed by atoms with Crippen LogP contribution >= 0.6 is 0 Å². The first-order valence-electron chi connectivity index (χ1n) is 7.34. The van der Waals surface area contributed by atoms with Crippen molar-refractivity contribution in [2.75, 3.05) is 19.6 Å². The van der Waals surface area contributed by atoms with Gasteiger partial charge in [0.25, 0.3) is 5.91 Å². The highest BCUT2D eigenvalue weighted by molar-refractivity contribution is 5.96. The topological polar surface area (TPSA) is 49.4 Å². The van der Waals surface area contributed by atoms with Gasteiger partial charge >= 0.3 is 12.4 Å². The molecule has 1 aromatic carbocycles. The molecule has 0 radical (unpaired) electrons. The summed E-state index contributed by atoms with van der Waals surface area (Å²) in [7, 11) is 0. The zero-order valence-corrected chi connectivity index (χ0v) is 12.8. The van der Waals surface area contributed by atoms with Gasteiger partial charge in [-0.1, -0.05) is 0 Å². The van der Waals surface area contributed by atoms with Crippen molar-refractivity contribution in [1.29, 1.82) is 0 Å². The second-order valence-corrected chi connectivity index (χ2v) is 5.57. The summed E-state index contributed by atoms with van der Waals surface area (Å²) in [5.41, 5.74) is -3.98. The third-order valence-corrected chi connectivity index (χ3v) is 3.71. The largest absolute Gasteiger partial charge is 0.416 e. The molecule has 1 aliphatic rings. The van der Waals surface area contributed by atoms with Crippen LogP contribution in [0.1, 0.15) is 34.3 Å². The lowest BCUT2D eigenvalue weighted by atomic mass is 10.0. The lowest BCUT2D eigenvalue weighted by Crippen LogP contribution is -2.38. The summed E-state index contributed by atoms with van der Waals surface area (Å²) in [6, 6.07) is 0.585. The SMILES string of the molecule is O=C(NCC(=O)N1CCCC1)c1cc(C(F)(F)F)cc(C(F)(F)F)c1. The summed E-state index contributed by atoms with van der Waals surface area (Å²) < 4.78 is 76.5. The van der Waals surface area contributed by atoms with Crippen LogP contribution < -0.4 is 5.32 Å². The number of likely N-dealkylation sites (tertiary alicyclic amines) is 1. The number of carbonyl (C=O) groups is 2. The summed E-state index contributed by atoms with van der Waals surface area (Å²) in [6.45, 7) is 0.531. The Labute approximate surface area is 138 Å². The van der Waals surface area contributed by atoms with Crippen molar-refractivity contribution >= 4 is 11.8 Å². The molecule has 0 bridgehead atoms. The van der Waals surface area contributed by atoms with E-state index in [0.29, 0.717) is 25.2 Å². The van der Waals surface area contributed by atoms with Gasteiger partial charge < -0.3 is 10.2 Å². The fraction of sp³-hybridized carbons (Fsp3) is 0.467. The van der Waals surface area contributed by atoms with Crippen molar-refractivity contribution in [3.63, 3.8) is 0 Å². The minimum atomic E-state index is -5.04. The van der Waals surface area contributed by atoms with Crippen molar-refractivity contribution in [3.05, 3.63) is 34.9 Å². The fourth-order valence-corrected chi connectivity index (χ4v) is 2.42. The Hall–Kier alpha value is -2.26. The Morgan fingerprint density at radius 3 is 1.84 bits per heavy atom. The quantitative estimate of drug-likeness (QED) is 0.834. The minimum absolute atomic E-state index is 0.0633. The van der Waals surface area contributed by atoms with E-state index in [2.05, 4.69) is 5.32 Å². The van der Waals surface area contributed by atoms with Crippen LogP contribution in [-0.4, -0.2) is 36.3 Å². The van der Waals surface area contributed by atoms with Gasteiger partial charge in [-0.2, -0.15) is 26.3 Å². The van der Waals surface area contributed by atoms with E-state index in [4.69, 9.17) is 0 Å². The molecule has 1 aliphatic heterocycles. The molecule has 25 heavy (non-hydrogen) atoms. The maximum atomic E-state index is 12.8. The molecule has 0 aromatic heterocycles. The average Bonchev–Trinajstić information content (AvgIpc) is 3.04. The van der Waals surface area contributed by atoms with Crippen LogP contribution in [-0.2, 0) is 17.1 Å². The van der Waals surface area contributed by atoms with Crippen LogP contribution in [0.3, 0.4) is 0 Å². The summed E-state index contributed by atoms with van der Waals surface area (Å²) in [6.07, 6.45) is -8.46. The highest BCUT2D eigenvalue weighted by Gasteiger charge is 2.37. The Morgan fingerprint density at radius 1 is 0.920 bits per heavy atom. The minimum Gasteiger partial charge on any atom is -0.343 e. The maximum absolute atomic E-state index is 12.8. The Morgan fingerprint density at radius 2 is 1.40 bits per heavy atom. The van der Waals surface area contributed by atoms with E-state index >= 15 is 0 Å². The first-order chi connectivity index (χ1) is 11.5. The average molecular weight is 368 g/mol. The number of halogens is 6. The molecule has 0 saturated carbocycles. The van der Waals surface area contributed by atoms with Gasteiger partial charge in [0.1, 0.15) is 0 Å². The van der Waals surface area contributed by atoms with Gasteiger partial charge in [0.05, 0.1) is 17.7 Å². The lowest BCUT2D eigenvalue weighted by Gasteiger charge is -2.16. The van der Waals surface area contributed by atoms with E-state index in [1.807, 2.05) is 0 Å². The summed E-state index contributed by atoms with van der Waals surface area (Å²) in [5.74, 6) is -1.61. The van der Waals surface area contributed by atoms with Crippen LogP contribution in [0.4, 0.5) is 26.3 Å². The van der Waals surface area contributed by atoms with E-state index in [1.54, 1.807) is 0 Å². The number of nitrogens with zero attached hydrogens (tertiary/aromatic N) is 1. The summed E-state index contributed by atoms with van der Waals surface area (Å²) in [5, 5.41) is 2.07. The van der Waals surface area contributed by atoms with Gasteiger partial charge in [0.2, 0.25) is 5.91 Å². The number of nitrogens with one attached hydrogen (secondary N) is 1. The van der Waals surface area contributed by atoms with E-state index in [-0.39, 0.29) is 6.07 Å². The molecular formula is C15H14F6N2O2. The summed E-state index contributed by atoms with van der Waals surface area (Å²) >= 11 is 0. The zero-order chi connectivity index (χ0) is 18.8. The van der Waals surface area contributed by atoms with Gasteiger partial charge in [0, 0.05) is 18.7 Å². The van der Waals surface area contributed by atoms with Gasteiger partial charge in [-0.25, -0.2) is 0 Å². The molecule has 1 fully saturated rings. The normalized spacial score (nSPS) is 15.4. The van der Waals surface area contributed by atoms with Gasteiger partial charge in [0.15, 0.2) is 0 Å². The van der Waals surface area contributed by atoms with E-state index in [1.165, 1.54) is 4.90 Å². The predicted octanol–water partition coefficient (Wildman–Crippen LogP) is 3.08. The van der Waals surface area contributed by atoms with Crippen molar-refractivity contribution in [2.24, 2.45) is 0 Å². The number of benzene rings is 1. The molecule has 2 rings (SSSR count). The molecule has 0 spiro atoms. The molecule has 0 aliphatic carbocycles. The number of alkyl halides is 6. The number of carbonyl (C=O) groups excluding carboxylic acids is 2. The first kappa shape index (κ1) is 19.1. The van der Waals surface area contributed by atoms with Crippen LogP contribution in [0.15, 0.2) is 18.2 Å². The van der Waals surface area contributed by atoms with Crippen LogP contribution in [0.2, 0.25) is 0 Å². The molecule has 1 aromatic rings. The van der Waals surface area contributed by atoms with E-state index in [0.717, 1.165) is 12.8 Å². The molecule has 0 unspecified atom stereocenters. The predicted molar refractivity (Wildman–Crippen MR) is 74.6 cm³/mol. The van der Waals surface area contributed by atoms with Crippen LogP contribution in [0.25, 0.3) is 0 Å². The number of hydrogen-bond acceptors (Lipinski definition) is 2. The molecule has 1 saturated heterocycles. The Kier molecular flexibility index (Phi) is 5.28. The second kappa shape index (κ2) is 6.93. The Bertz CT molecular complexity index is 631. The van der Waals surface area contributed by atoms with Crippen molar-refractivity contribution in [3.8, 4) is 0 Å². The van der Waals surface area contributed by atoms with Crippen molar-refractivity contribution in [1.82, 2.24) is 10.2 Å². The zero-order valence-electron chi connectivity index (χ0n) is 12.8. The highest BCUT2D eigenvalue weighted by atomic mass is 19.4. The lowest BCUT2D eigenvalue weighted by molar-refractivity contribution is -0.143. The number of hydrogen-bond donors (Lipinski definition) is 1. The third kappa shape index (κ3) is 4.86. The monoisotopic (exact) mass is 368 g/mol. The maximum Gasteiger partial charge on any atom is 0.416 e. The van der Waals surface area contributed by atoms with Crippen LogP contribution in [0, 0.1) is 0 Å². The summed E-state index contributed by atoms with van der Waals surface area (Å²) in [4.78, 5) is 25.2. The molecule has 0 atom stereocenters. The molecule has 1 N–H and O–H groups in total. The second-order valence-electron chi connectivity index (χ2n) is 5.57. The van der Waals surface area contributed by atoms with Gasteiger partial charge in [-0.15, -0.1) is 0 Å². The molecule has 2 amide bonds. The molecule has 10 heteroatoms. The highest BCUT2D eigenvalue weighted by Crippen LogP contribution is 2.36. The van der Waals surface area contributed by atoms with Gasteiger partial charge in [-0.3, -0.25) is 9.59 Å². The molecule has 4 nitrogen and oxygen atoms in total. The third-order valence-electron chi connectivity index (χ3n) is 3.71. The van der Waals surface area contributed by atoms with Crippen molar-refractivity contribution < 1.29 is 35.9 Å². The number of rotatable bonds is 3. The number of amides is 2. The van der Waals surface area contributed by atoms with E-state index < -0.39 is 47.4 Å². The first-order valence-corrected chi connectivity index (χ1v) is 7.34. The molecule has 138 valence electrons. The fourth-order valence-electron chi connectivity index (χ4n) is 2.42. The Balaban J connectivity index is 2.18. The van der Waals surface area contributed by atoms with Crippen LogP contribution in [0.5, 0.6) is 0 Å². The molecular weight excluding hydrogens is 354 g/mol. The smallest absolute Gasteiger partial charge is 0.343 e. The van der Waals surface area contributed by atoms with Gasteiger partial charge in [-0.05, 0) is 31.0 Å². The molecule has 1 heterocycles. The van der Waals surface area contributed by atoms with Crippen molar-refractivity contribution in [2.45, 2.75) is 25.2 Å². The van der Waals surface area contributed by atoms with E-state index in [9.17, 15) is 35.9 Å².